The first kappa shape index (κ1) is 13.0. The Balaban J connectivity index is 2.89. The zero-order chi connectivity index (χ0) is 12.4. The average Bonchev–Trinajstić information content (AvgIpc) is 2.16. The van der Waals surface area contributed by atoms with Gasteiger partial charge < -0.3 is 0 Å². The first-order valence-corrected chi connectivity index (χ1v) is 6.03. The van der Waals surface area contributed by atoms with Crippen molar-refractivity contribution in [1.82, 2.24) is 4.98 Å². The highest BCUT2D eigenvalue weighted by molar-refractivity contribution is 7.93. The number of aromatic nitrogens is 1. The minimum absolute atomic E-state index is 0.0753. The lowest BCUT2D eigenvalue weighted by Crippen LogP contribution is -2.14. The van der Waals surface area contributed by atoms with E-state index in [1.165, 1.54) is 0 Å². The third-order valence-electron chi connectivity index (χ3n) is 1.47. The predicted molar refractivity (Wildman–Crippen MR) is 52.5 cm³/mol. The zero-order valence-electron chi connectivity index (χ0n) is 7.62. The molecule has 0 saturated heterocycles. The molecule has 0 amide bonds. The highest BCUT2D eigenvalue weighted by atomic mass is 35.5. The van der Waals surface area contributed by atoms with Crippen LogP contribution in [-0.4, -0.2) is 18.6 Å². The standard InChI is InChI=1S/C7H6ClF3N2O2S/c8-4-16(14,15)13-5-1-2-6(12-3-5)7(9,10)11/h1-3,13H,4H2. The van der Waals surface area contributed by atoms with Gasteiger partial charge in [-0.15, -0.1) is 11.6 Å². The number of sulfonamides is 1. The Bertz CT molecular complexity index is 458. The number of hydrogen-bond donors (Lipinski definition) is 1. The number of rotatable bonds is 3. The fourth-order valence-corrected chi connectivity index (χ4v) is 1.53. The van der Waals surface area contributed by atoms with Gasteiger partial charge in [-0.2, -0.15) is 13.2 Å². The van der Waals surface area contributed by atoms with Gasteiger partial charge in [0.15, 0.2) is 0 Å². The Labute approximate surface area is 94.5 Å². The van der Waals surface area contributed by atoms with Gasteiger partial charge in [-0.05, 0) is 12.1 Å². The molecule has 0 fully saturated rings. The molecule has 4 nitrogen and oxygen atoms in total. The van der Waals surface area contributed by atoms with E-state index in [-0.39, 0.29) is 5.69 Å². The minimum Gasteiger partial charge on any atom is -0.281 e. The van der Waals surface area contributed by atoms with Gasteiger partial charge in [0.05, 0.1) is 11.9 Å². The number of anilines is 1. The molecule has 0 radical (unpaired) electrons. The van der Waals surface area contributed by atoms with Gasteiger partial charge in [-0.1, -0.05) is 0 Å². The second kappa shape index (κ2) is 4.46. The molecule has 0 aliphatic heterocycles. The topological polar surface area (TPSA) is 59.1 Å². The second-order valence-corrected chi connectivity index (χ2v) is 5.06. The van der Waals surface area contributed by atoms with Crippen molar-refractivity contribution < 1.29 is 21.6 Å². The maximum Gasteiger partial charge on any atom is 0.433 e. The molecule has 0 unspecified atom stereocenters. The summed E-state index contributed by atoms with van der Waals surface area (Å²) in [4.78, 5) is 3.07. The van der Waals surface area contributed by atoms with E-state index in [4.69, 9.17) is 11.6 Å². The van der Waals surface area contributed by atoms with Crippen LogP contribution in [0.25, 0.3) is 0 Å². The molecular formula is C7H6ClF3N2O2S. The van der Waals surface area contributed by atoms with Gasteiger partial charge in [0.2, 0.25) is 10.0 Å². The van der Waals surface area contributed by atoms with Gasteiger partial charge in [0, 0.05) is 0 Å². The van der Waals surface area contributed by atoms with Crippen molar-refractivity contribution in [3.8, 4) is 0 Å². The molecule has 1 rings (SSSR count). The fourth-order valence-electron chi connectivity index (χ4n) is 0.829. The van der Waals surface area contributed by atoms with E-state index in [1.807, 2.05) is 4.72 Å². The Morgan fingerprint density at radius 1 is 1.38 bits per heavy atom. The van der Waals surface area contributed by atoms with E-state index < -0.39 is 27.1 Å². The van der Waals surface area contributed by atoms with Crippen molar-refractivity contribution >= 4 is 27.3 Å². The lowest BCUT2D eigenvalue weighted by molar-refractivity contribution is -0.141. The average molecular weight is 275 g/mol. The quantitative estimate of drug-likeness (QED) is 0.858. The summed E-state index contributed by atoms with van der Waals surface area (Å²) >= 11 is 5.10. The van der Waals surface area contributed by atoms with Gasteiger partial charge in [-0.25, -0.2) is 13.4 Å². The van der Waals surface area contributed by atoms with Crippen LogP contribution in [-0.2, 0) is 16.2 Å². The van der Waals surface area contributed by atoms with Gasteiger partial charge in [0.25, 0.3) is 0 Å². The smallest absolute Gasteiger partial charge is 0.281 e. The van der Waals surface area contributed by atoms with Crippen LogP contribution in [0.4, 0.5) is 18.9 Å². The minimum atomic E-state index is -4.55. The largest absolute Gasteiger partial charge is 0.433 e. The monoisotopic (exact) mass is 274 g/mol. The predicted octanol–water partition coefficient (Wildman–Crippen LogP) is 2.04. The van der Waals surface area contributed by atoms with Crippen LogP contribution in [0, 0.1) is 0 Å². The van der Waals surface area contributed by atoms with E-state index in [0.717, 1.165) is 12.3 Å². The molecule has 0 aliphatic rings. The number of pyridine rings is 1. The van der Waals surface area contributed by atoms with Crippen molar-refractivity contribution in [3.63, 3.8) is 0 Å². The summed E-state index contributed by atoms with van der Waals surface area (Å²) in [6.45, 7) is 0. The summed E-state index contributed by atoms with van der Waals surface area (Å²) in [7, 11) is -3.73. The Morgan fingerprint density at radius 3 is 2.38 bits per heavy atom. The molecule has 9 heteroatoms. The Hall–Kier alpha value is -1.02. The Kier molecular flexibility index (Phi) is 3.64. The summed E-state index contributed by atoms with van der Waals surface area (Å²) in [6, 6.07) is 1.63. The van der Waals surface area contributed by atoms with Gasteiger partial charge >= 0.3 is 6.18 Å². The molecule has 1 aromatic rings. The summed E-state index contributed by atoms with van der Waals surface area (Å²) in [6.07, 6.45) is -3.78. The van der Waals surface area contributed by atoms with Crippen LogP contribution in [0.1, 0.15) is 5.69 Å². The van der Waals surface area contributed by atoms with Gasteiger partial charge in [-0.3, -0.25) is 4.72 Å². The second-order valence-electron chi connectivity index (χ2n) is 2.76. The number of halogens is 4. The van der Waals surface area contributed by atoms with Crippen molar-refractivity contribution in [3.05, 3.63) is 24.0 Å². The molecule has 1 aromatic heterocycles. The molecule has 1 heterocycles. The van der Waals surface area contributed by atoms with Crippen molar-refractivity contribution in [2.45, 2.75) is 6.18 Å². The number of nitrogens with zero attached hydrogens (tertiary/aromatic N) is 1. The van der Waals surface area contributed by atoms with Crippen molar-refractivity contribution in [1.29, 1.82) is 0 Å². The van der Waals surface area contributed by atoms with Crippen LogP contribution in [0.3, 0.4) is 0 Å². The SMILES string of the molecule is O=S(=O)(CCl)Nc1ccc(C(F)(F)F)nc1. The summed E-state index contributed by atoms with van der Waals surface area (Å²) < 4.78 is 60.2. The molecule has 0 spiro atoms. The van der Waals surface area contributed by atoms with E-state index in [9.17, 15) is 21.6 Å². The number of nitrogens with one attached hydrogen (secondary N) is 1. The first-order valence-electron chi connectivity index (χ1n) is 3.84. The van der Waals surface area contributed by atoms with Gasteiger partial charge in [0.1, 0.15) is 10.9 Å². The third kappa shape index (κ3) is 3.53. The highest BCUT2D eigenvalue weighted by Crippen LogP contribution is 2.27. The van der Waals surface area contributed by atoms with E-state index >= 15 is 0 Å². The molecule has 1 N–H and O–H groups in total. The van der Waals surface area contributed by atoms with E-state index in [1.54, 1.807) is 0 Å². The number of alkyl halides is 4. The maximum atomic E-state index is 12.1. The third-order valence-corrected chi connectivity index (χ3v) is 3.17. The molecule has 0 bridgehead atoms. The summed E-state index contributed by atoms with van der Waals surface area (Å²) in [5, 5.41) is -0.686. The normalized spacial score (nSPS) is 12.5. The molecule has 16 heavy (non-hydrogen) atoms. The summed E-state index contributed by atoms with van der Waals surface area (Å²) in [5.74, 6) is 0. The molecule has 90 valence electrons. The lowest BCUT2D eigenvalue weighted by Gasteiger charge is -2.07. The van der Waals surface area contributed by atoms with Crippen LogP contribution >= 0.6 is 11.6 Å². The highest BCUT2D eigenvalue weighted by Gasteiger charge is 2.32. The van der Waals surface area contributed by atoms with E-state index in [0.29, 0.717) is 6.07 Å². The number of hydrogen-bond acceptors (Lipinski definition) is 3. The van der Waals surface area contributed by atoms with Crippen molar-refractivity contribution in [2.75, 3.05) is 9.93 Å². The fraction of sp³-hybridized carbons (Fsp3) is 0.286. The van der Waals surface area contributed by atoms with Crippen LogP contribution in [0.15, 0.2) is 18.3 Å². The Morgan fingerprint density at radius 2 is 2.00 bits per heavy atom. The van der Waals surface area contributed by atoms with Crippen LogP contribution < -0.4 is 4.72 Å². The molecule has 0 atom stereocenters. The molecule has 0 aromatic carbocycles. The molecular weight excluding hydrogens is 269 g/mol. The maximum absolute atomic E-state index is 12.1. The summed E-state index contributed by atoms with van der Waals surface area (Å²) in [5.41, 5.74) is -1.17. The molecule has 0 saturated carbocycles. The lowest BCUT2D eigenvalue weighted by atomic mass is 10.3. The van der Waals surface area contributed by atoms with Crippen LogP contribution in [0.2, 0.25) is 0 Å². The van der Waals surface area contributed by atoms with Crippen molar-refractivity contribution in [2.24, 2.45) is 0 Å². The first-order chi connectivity index (χ1) is 7.24. The van der Waals surface area contributed by atoms with Crippen LogP contribution in [0.5, 0.6) is 0 Å². The van der Waals surface area contributed by atoms with E-state index in [2.05, 4.69) is 4.98 Å². The molecule has 0 aliphatic carbocycles. The zero-order valence-corrected chi connectivity index (χ0v) is 9.20.